The third kappa shape index (κ3) is 3.46. The van der Waals surface area contributed by atoms with E-state index >= 15 is 0 Å². The Morgan fingerprint density at radius 3 is 2.42 bits per heavy atom. The molecule has 0 radical (unpaired) electrons. The molecule has 0 bridgehead atoms. The highest BCUT2D eigenvalue weighted by molar-refractivity contribution is 5.66. The molecule has 0 amide bonds. The van der Waals surface area contributed by atoms with Crippen LogP contribution in [0.15, 0.2) is 60.7 Å². The van der Waals surface area contributed by atoms with Crippen LogP contribution in [0.2, 0.25) is 0 Å². The molecule has 0 saturated carbocycles. The van der Waals surface area contributed by atoms with E-state index in [1.165, 1.54) is 0 Å². The first-order valence-corrected chi connectivity index (χ1v) is 7.72. The molecule has 2 aromatic carbocycles. The maximum Gasteiger partial charge on any atom is 0.231 e. The molecule has 0 aliphatic carbocycles. The van der Waals surface area contributed by atoms with Crippen LogP contribution in [0.3, 0.4) is 0 Å². The molecule has 5 heteroatoms. The van der Waals surface area contributed by atoms with Crippen molar-refractivity contribution in [2.24, 2.45) is 0 Å². The normalized spacial score (nSPS) is 10.3. The van der Waals surface area contributed by atoms with Crippen LogP contribution in [0.5, 0.6) is 5.75 Å². The summed E-state index contributed by atoms with van der Waals surface area (Å²) in [4.78, 5) is 11.1. The zero-order chi connectivity index (χ0) is 16.9. The van der Waals surface area contributed by atoms with Gasteiger partial charge in [0.2, 0.25) is 5.95 Å². The van der Waals surface area contributed by atoms with Crippen molar-refractivity contribution in [1.29, 1.82) is 0 Å². The number of aromatic nitrogens is 2. The number of rotatable bonds is 5. The van der Waals surface area contributed by atoms with Crippen LogP contribution in [-0.4, -0.2) is 24.1 Å². The fourth-order valence-corrected chi connectivity index (χ4v) is 2.42. The van der Waals surface area contributed by atoms with Crippen LogP contribution in [-0.2, 0) is 0 Å². The molecule has 1 N–H and O–H groups in total. The summed E-state index contributed by atoms with van der Waals surface area (Å²) < 4.78 is 5.38. The summed E-state index contributed by atoms with van der Waals surface area (Å²) in [5.74, 6) is 2.13. The molecular weight excluding hydrogens is 300 g/mol. The Bertz CT molecular complexity index is 821. The molecular formula is C19H20N4O. The zero-order valence-electron chi connectivity index (χ0n) is 14.0. The van der Waals surface area contributed by atoms with E-state index in [0.29, 0.717) is 5.95 Å². The first-order valence-electron chi connectivity index (χ1n) is 7.72. The van der Waals surface area contributed by atoms with Crippen molar-refractivity contribution in [3.05, 3.63) is 66.4 Å². The monoisotopic (exact) mass is 320 g/mol. The van der Waals surface area contributed by atoms with Gasteiger partial charge in [-0.25, -0.2) is 4.98 Å². The van der Waals surface area contributed by atoms with Gasteiger partial charge in [0.25, 0.3) is 0 Å². The molecule has 3 aromatic rings. The van der Waals surface area contributed by atoms with Gasteiger partial charge >= 0.3 is 0 Å². The summed E-state index contributed by atoms with van der Waals surface area (Å²) in [5.41, 5.74) is 2.79. The Morgan fingerprint density at radius 2 is 1.67 bits per heavy atom. The predicted octanol–water partition coefficient (Wildman–Crippen LogP) is 4.31. The molecule has 0 unspecified atom stereocenters. The molecule has 122 valence electrons. The second-order valence-corrected chi connectivity index (χ2v) is 5.41. The predicted molar refractivity (Wildman–Crippen MR) is 97.6 cm³/mol. The van der Waals surface area contributed by atoms with Gasteiger partial charge in [-0.3, -0.25) is 0 Å². The Balaban J connectivity index is 1.92. The summed E-state index contributed by atoms with van der Waals surface area (Å²) in [6.07, 6.45) is 0. The number of benzene rings is 2. The summed E-state index contributed by atoms with van der Waals surface area (Å²) in [6.45, 7) is 1.96. The zero-order valence-corrected chi connectivity index (χ0v) is 14.0. The van der Waals surface area contributed by atoms with Crippen LogP contribution in [0.1, 0.15) is 5.69 Å². The van der Waals surface area contributed by atoms with Crippen LogP contribution < -0.4 is 15.0 Å². The molecule has 0 spiro atoms. The van der Waals surface area contributed by atoms with Gasteiger partial charge in [-0.1, -0.05) is 30.3 Å². The van der Waals surface area contributed by atoms with Gasteiger partial charge in [0.15, 0.2) is 0 Å². The van der Waals surface area contributed by atoms with E-state index in [9.17, 15) is 0 Å². The second-order valence-electron chi connectivity index (χ2n) is 5.41. The lowest BCUT2D eigenvalue weighted by Crippen LogP contribution is -2.14. The number of hydrogen-bond donors (Lipinski definition) is 1. The van der Waals surface area contributed by atoms with Crippen LogP contribution in [0, 0.1) is 6.92 Å². The average Bonchev–Trinajstić information content (AvgIpc) is 2.62. The van der Waals surface area contributed by atoms with E-state index in [0.717, 1.165) is 28.6 Å². The fraction of sp³-hybridized carbons (Fsp3) is 0.158. The summed E-state index contributed by atoms with van der Waals surface area (Å²) >= 11 is 0. The van der Waals surface area contributed by atoms with E-state index in [2.05, 4.69) is 15.3 Å². The van der Waals surface area contributed by atoms with Crippen LogP contribution in [0.25, 0.3) is 0 Å². The molecule has 1 aromatic heterocycles. The lowest BCUT2D eigenvalue weighted by molar-refractivity contribution is 0.417. The molecule has 3 rings (SSSR count). The number of ether oxygens (including phenoxy) is 1. The molecule has 5 nitrogen and oxygen atoms in total. The van der Waals surface area contributed by atoms with E-state index in [4.69, 9.17) is 4.74 Å². The van der Waals surface area contributed by atoms with Crippen molar-refractivity contribution in [2.45, 2.75) is 6.92 Å². The van der Waals surface area contributed by atoms with Gasteiger partial charge in [0.05, 0.1) is 12.8 Å². The first kappa shape index (κ1) is 15.8. The topological polar surface area (TPSA) is 50.3 Å². The smallest absolute Gasteiger partial charge is 0.231 e. The van der Waals surface area contributed by atoms with Gasteiger partial charge in [-0.05, 0) is 31.2 Å². The molecule has 0 aliphatic rings. The fourth-order valence-electron chi connectivity index (χ4n) is 2.42. The number of nitrogens with zero attached hydrogens (tertiary/aromatic N) is 3. The van der Waals surface area contributed by atoms with Crippen molar-refractivity contribution < 1.29 is 4.74 Å². The number of aryl methyl sites for hydroxylation is 1. The van der Waals surface area contributed by atoms with E-state index in [1.807, 2.05) is 79.5 Å². The van der Waals surface area contributed by atoms with Gasteiger partial charge < -0.3 is 15.0 Å². The van der Waals surface area contributed by atoms with E-state index in [-0.39, 0.29) is 0 Å². The lowest BCUT2D eigenvalue weighted by Gasteiger charge is -2.19. The maximum atomic E-state index is 5.38. The Labute approximate surface area is 142 Å². The summed E-state index contributed by atoms with van der Waals surface area (Å²) in [7, 11) is 3.61. The molecule has 0 atom stereocenters. The van der Waals surface area contributed by atoms with Crippen LogP contribution in [0.4, 0.5) is 23.1 Å². The summed E-state index contributed by atoms with van der Waals surface area (Å²) in [6, 6.07) is 19.7. The van der Waals surface area contributed by atoms with Gasteiger partial charge in [-0.15, -0.1) is 0 Å². The molecule has 24 heavy (non-hydrogen) atoms. The quantitative estimate of drug-likeness (QED) is 0.759. The van der Waals surface area contributed by atoms with Crippen molar-refractivity contribution in [2.75, 3.05) is 24.4 Å². The maximum absolute atomic E-state index is 5.38. The average molecular weight is 320 g/mol. The Morgan fingerprint density at radius 1 is 0.958 bits per heavy atom. The van der Waals surface area contributed by atoms with Crippen molar-refractivity contribution in [3.8, 4) is 5.75 Å². The second kappa shape index (κ2) is 7.00. The largest absolute Gasteiger partial charge is 0.495 e. The number of methoxy groups -OCH3 is 1. The Hall–Kier alpha value is -3.08. The number of anilines is 4. The van der Waals surface area contributed by atoms with Crippen molar-refractivity contribution in [3.63, 3.8) is 0 Å². The van der Waals surface area contributed by atoms with Crippen molar-refractivity contribution >= 4 is 23.1 Å². The van der Waals surface area contributed by atoms with Crippen LogP contribution >= 0.6 is 0 Å². The third-order valence-electron chi connectivity index (χ3n) is 3.66. The number of nitrogens with one attached hydrogen (secondary N) is 1. The Kier molecular flexibility index (Phi) is 4.61. The highest BCUT2D eigenvalue weighted by Crippen LogP contribution is 2.28. The standard InChI is InChI=1S/C19H20N4O/c1-14-13-18(21-16-11-7-8-12-17(16)24-3)22-19(20-14)23(2)15-9-5-4-6-10-15/h4-13H,1-3H3,(H,20,21,22). The minimum absolute atomic E-state index is 0.638. The molecule has 0 aliphatic heterocycles. The lowest BCUT2D eigenvalue weighted by atomic mass is 10.3. The minimum Gasteiger partial charge on any atom is -0.495 e. The number of para-hydroxylation sites is 3. The van der Waals surface area contributed by atoms with Gasteiger partial charge in [-0.2, -0.15) is 4.98 Å². The van der Waals surface area contributed by atoms with E-state index < -0.39 is 0 Å². The highest BCUT2D eigenvalue weighted by atomic mass is 16.5. The molecule has 1 heterocycles. The SMILES string of the molecule is COc1ccccc1Nc1cc(C)nc(N(C)c2ccccc2)n1. The van der Waals surface area contributed by atoms with E-state index in [1.54, 1.807) is 7.11 Å². The number of hydrogen-bond acceptors (Lipinski definition) is 5. The van der Waals surface area contributed by atoms with Gasteiger partial charge in [0.1, 0.15) is 11.6 Å². The summed E-state index contributed by atoms with van der Waals surface area (Å²) in [5, 5.41) is 3.31. The van der Waals surface area contributed by atoms with Gasteiger partial charge in [0, 0.05) is 24.5 Å². The third-order valence-corrected chi connectivity index (χ3v) is 3.66. The first-order chi connectivity index (χ1) is 11.7. The highest BCUT2D eigenvalue weighted by Gasteiger charge is 2.10. The minimum atomic E-state index is 0.638. The molecule has 0 saturated heterocycles. The van der Waals surface area contributed by atoms with Crippen molar-refractivity contribution in [1.82, 2.24) is 9.97 Å². The molecule has 0 fully saturated rings.